The average molecular weight is 385 g/mol. The van der Waals surface area contributed by atoms with Gasteiger partial charge in [0.05, 0.1) is 6.04 Å². The van der Waals surface area contributed by atoms with Gasteiger partial charge in [0.1, 0.15) is 11.2 Å². The molecule has 3 rings (SSSR count). The van der Waals surface area contributed by atoms with E-state index in [1.54, 1.807) is 18.3 Å². The van der Waals surface area contributed by atoms with E-state index in [4.69, 9.17) is 11.6 Å². The van der Waals surface area contributed by atoms with Gasteiger partial charge < -0.3 is 10.2 Å². The van der Waals surface area contributed by atoms with E-state index in [1.165, 1.54) is 10.6 Å². The Labute approximate surface area is 162 Å². The van der Waals surface area contributed by atoms with Crippen LogP contribution in [-0.2, 0) is 0 Å². The van der Waals surface area contributed by atoms with Crippen molar-refractivity contribution in [2.45, 2.75) is 13.0 Å². The van der Waals surface area contributed by atoms with E-state index in [0.29, 0.717) is 17.2 Å². The topological polar surface area (TPSA) is 66.7 Å². The summed E-state index contributed by atoms with van der Waals surface area (Å²) < 4.78 is 1.39. The minimum absolute atomic E-state index is 0.0155. The van der Waals surface area contributed by atoms with Crippen LogP contribution in [0.3, 0.4) is 0 Å². The van der Waals surface area contributed by atoms with Gasteiger partial charge in [0.15, 0.2) is 0 Å². The molecule has 0 spiro atoms. The number of fused-ring (bicyclic) bond motifs is 1. The number of aryl methyl sites for hydroxylation is 1. The Kier molecular flexibility index (Phi) is 5.58. The minimum Gasteiger partial charge on any atom is -0.350 e. The molecule has 2 aromatic heterocycles. The molecule has 1 aromatic carbocycles. The monoisotopic (exact) mass is 384 g/mol. The van der Waals surface area contributed by atoms with E-state index >= 15 is 0 Å². The smallest absolute Gasteiger partial charge is 0.270 e. The first-order valence-electron chi connectivity index (χ1n) is 8.55. The summed E-state index contributed by atoms with van der Waals surface area (Å²) in [7, 11) is 3.85. The molecule has 0 fully saturated rings. The van der Waals surface area contributed by atoms with Crippen LogP contribution in [0, 0.1) is 6.92 Å². The summed E-state index contributed by atoms with van der Waals surface area (Å²) in [6.45, 7) is 2.20. The second kappa shape index (κ2) is 7.90. The van der Waals surface area contributed by atoms with Gasteiger partial charge in [-0.1, -0.05) is 29.8 Å². The van der Waals surface area contributed by atoms with Crippen molar-refractivity contribution < 1.29 is 4.79 Å². The van der Waals surface area contributed by atoms with Crippen LogP contribution in [0.4, 0.5) is 0 Å². The normalized spacial score (nSPS) is 12.3. The van der Waals surface area contributed by atoms with Crippen molar-refractivity contribution in [1.82, 2.24) is 19.6 Å². The summed E-state index contributed by atoms with van der Waals surface area (Å²) in [5.74, 6) is -0.447. The van der Waals surface area contributed by atoms with Crippen LogP contribution in [0.1, 0.15) is 27.5 Å². The number of nitrogens with zero attached hydrogens (tertiary/aromatic N) is 3. The molecule has 7 heteroatoms. The Balaban J connectivity index is 1.83. The van der Waals surface area contributed by atoms with E-state index in [9.17, 15) is 9.59 Å². The molecule has 3 aromatic rings. The van der Waals surface area contributed by atoms with Crippen LogP contribution in [0.5, 0.6) is 0 Å². The first-order valence-corrected chi connectivity index (χ1v) is 8.93. The maximum Gasteiger partial charge on any atom is 0.270 e. The molecule has 0 aliphatic carbocycles. The quantitative estimate of drug-likeness (QED) is 0.734. The summed E-state index contributed by atoms with van der Waals surface area (Å²) in [5.41, 5.74) is 2.03. The Morgan fingerprint density at radius 1 is 1.30 bits per heavy atom. The van der Waals surface area contributed by atoms with Crippen molar-refractivity contribution in [3.63, 3.8) is 0 Å². The molecule has 27 heavy (non-hydrogen) atoms. The summed E-state index contributed by atoms with van der Waals surface area (Å²) >= 11 is 6.08. The lowest BCUT2D eigenvalue weighted by molar-refractivity contribution is 0.0940. The van der Waals surface area contributed by atoms with Crippen LogP contribution >= 0.6 is 11.6 Å². The molecule has 0 bridgehead atoms. The largest absolute Gasteiger partial charge is 0.350 e. The van der Waals surface area contributed by atoms with Crippen molar-refractivity contribution in [2.75, 3.05) is 20.6 Å². The Hall–Kier alpha value is -2.70. The van der Waals surface area contributed by atoms with Crippen LogP contribution < -0.4 is 10.9 Å². The van der Waals surface area contributed by atoms with Gasteiger partial charge in [-0.25, -0.2) is 4.98 Å². The molecular formula is C20H21ClN4O2. The number of aromatic nitrogens is 2. The molecule has 0 unspecified atom stereocenters. The molecule has 1 N–H and O–H groups in total. The third-order valence-electron chi connectivity index (χ3n) is 4.48. The lowest BCUT2D eigenvalue weighted by atomic mass is 10.1. The predicted octanol–water partition coefficient (Wildman–Crippen LogP) is 2.69. The summed E-state index contributed by atoms with van der Waals surface area (Å²) in [5, 5.41) is 3.48. The average Bonchev–Trinajstić information content (AvgIpc) is 2.62. The molecule has 0 saturated heterocycles. The van der Waals surface area contributed by atoms with Gasteiger partial charge in [0.25, 0.3) is 11.5 Å². The number of carbonyl (C=O) groups is 1. The maximum absolute atomic E-state index is 12.6. The third kappa shape index (κ3) is 4.02. The van der Waals surface area contributed by atoms with Crippen molar-refractivity contribution in [3.05, 3.63) is 80.9 Å². The molecule has 2 heterocycles. The SMILES string of the molecule is Cc1cccn2c(=O)c(C(=O)NC[C@@H](c3cccc(Cl)c3)N(C)C)cnc12. The number of amides is 1. The molecule has 0 saturated carbocycles. The first kappa shape index (κ1) is 19.1. The summed E-state index contributed by atoms with van der Waals surface area (Å²) in [4.78, 5) is 31.5. The number of halogens is 1. The molecule has 140 valence electrons. The van der Waals surface area contributed by atoms with Crippen molar-refractivity contribution in [2.24, 2.45) is 0 Å². The van der Waals surface area contributed by atoms with E-state index in [0.717, 1.165) is 11.1 Å². The van der Waals surface area contributed by atoms with Gasteiger partial charge in [-0.3, -0.25) is 14.0 Å². The molecular weight excluding hydrogens is 364 g/mol. The summed E-state index contributed by atoms with van der Waals surface area (Å²) in [6, 6.07) is 11.1. The number of carbonyl (C=O) groups excluding carboxylic acids is 1. The maximum atomic E-state index is 12.6. The van der Waals surface area contributed by atoms with Crippen molar-refractivity contribution in [3.8, 4) is 0 Å². The van der Waals surface area contributed by atoms with Gasteiger partial charge in [-0.2, -0.15) is 0 Å². The third-order valence-corrected chi connectivity index (χ3v) is 4.72. The van der Waals surface area contributed by atoms with Gasteiger partial charge in [0, 0.05) is 24.0 Å². The first-order chi connectivity index (χ1) is 12.9. The highest BCUT2D eigenvalue weighted by Crippen LogP contribution is 2.21. The van der Waals surface area contributed by atoms with E-state index in [1.807, 2.05) is 50.2 Å². The molecule has 0 aliphatic rings. The van der Waals surface area contributed by atoms with Crippen molar-refractivity contribution in [1.29, 1.82) is 0 Å². The molecule has 1 atom stereocenters. The van der Waals surface area contributed by atoms with Gasteiger partial charge >= 0.3 is 0 Å². The number of rotatable bonds is 5. The van der Waals surface area contributed by atoms with Gasteiger partial charge in [-0.05, 0) is 50.3 Å². The molecule has 0 aliphatic heterocycles. The second-order valence-corrected chi connectivity index (χ2v) is 7.04. The molecule has 6 nitrogen and oxygen atoms in total. The Morgan fingerprint density at radius 2 is 2.07 bits per heavy atom. The lowest BCUT2D eigenvalue weighted by Crippen LogP contribution is -2.37. The fourth-order valence-corrected chi connectivity index (χ4v) is 3.20. The Bertz CT molecular complexity index is 1050. The lowest BCUT2D eigenvalue weighted by Gasteiger charge is -2.25. The highest BCUT2D eigenvalue weighted by molar-refractivity contribution is 6.30. The van der Waals surface area contributed by atoms with Crippen LogP contribution in [0.15, 0.2) is 53.6 Å². The number of benzene rings is 1. The second-order valence-electron chi connectivity index (χ2n) is 6.61. The highest BCUT2D eigenvalue weighted by Gasteiger charge is 2.18. The van der Waals surface area contributed by atoms with E-state index in [2.05, 4.69) is 10.3 Å². The van der Waals surface area contributed by atoms with Crippen molar-refractivity contribution >= 4 is 23.2 Å². The zero-order chi connectivity index (χ0) is 19.6. The standard InChI is InChI=1S/C20H21ClN4O2/c1-13-6-5-9-25-18(13)22-11-16(20(25)27)19(26)23-12-17(24(2)3)14-7-4-8-15(21)10-14/h4-11,17H,12H2,1-3H3,(H,23,26)/t17-/m0/s1. The van der Waals surface area contributed by atoms with Crippen LogP contribution in [-0.4, -0.2) is 40.8 Å². The van der Waals surface area contributed by atoms with E-state index in [-0.39, 0.29) is 17.2 Å². The van der Waals surface area contributed by atoms with Crippen LogP contribution in [0.25, 0.3) is 5.65 Å². The van der Waals surface area contributed by atoms with Gasteiger partial charge in [-0.15, -0.1) is 0 Å². The number of pyridine rings is 1. The zero-order valence-electron chi connectivity index (χ0n) is 15.4. The number of likely N-dealkylation sites (N-methyl/N-ethyl adjacent to an activating group) is 1. The predicted molar refractivity (Wildman–Crippen MR) is 106 cm³/mol. The molecule has 0 radical (unpaired) electrons. The number of hydrogen-bond donors (Lipinski definition) is 1. The Morgan fingerprint density at radius 3 is 2.78 bits per heavy atom. The number of nitrogens with one attached hydrogen (secondary N) is 1. The summed E-state index contributed by atoms with van der Waals surface area (Å²) in [6.07, 6.45) is 2.95. The minimum atomic E-state index is -0.447. The van der Waals surface area contributed by atoms with E-state index < -0.39 is 5.91 Å². The zero-order valence-corrected chi connectivity index (χ0v) is 16.2. The fraction of sp³-hybridized carbons (Fsp3) is 0.250. The molecule has 1 amide bonds. The fourth-order valence-electron chi connectivity index (χ4n) is 3.00. The number of hydrogen-bond acceptors (Lipinski definition) is 4. The van der Waals surface area contributed by atoms with Gasteiger partial charge in [0.2, 0.25) is 0 Å². The van der Waals surface area contributed by atoms with Crippen LogP contribution in [0.2, 0.25) is 5.02 Å². The highest BCUT2D eigenvalue weighted by atomic mass is 35.5.